The van der Waals surface area contributed by atoms with Crippen molar-refractivity contribution < 1.29 is 9.53 Å². The predicted octanol–water partition coefficient (Wildman–Crippen LogP) is 1.67. The van der Waals surface area contributed by atoms with Crippen molar-refractivity contribution in [1.82, 2.24) is 9.55 Å². The van der Waals surface area contributed by atoms with E-state index in [1.54, 1.807) is 12.4 Å². The van der Waals surface area contributed by atoms with Crippen molar-refractivity contribution in [3.63, 3.8) is 0 Å². The van der Waals surface area contributed by atoms with E-state index in [4.69, 9.17) is 4.74 Å². The van der Waals surface area contributed by atoms with Crippen LogP contribution in [0.25, 0.3) is 0 Å². The molecule has 0 N–H and O–H groups in total. The molecular weight excluding hydrogens is 230 g/mol. The van der Waals surface area contributed by atoms with E-state index < -0.39 is 0 Å². The highest BCUT2D eigenvalue weighted by Crippen LogP contribution is 2.19. The van der Waals surface area contributed by atoms with Crippen LogP contribution >= 0.6 is 0 Å². The number of nitrogens with zero attached hydrogens (tertiary/aromatic N) is 3. The van der Waals surface area contributed by atoms with Gasteiger partial charge in [-0.2, -0.15) is 0 Å². The zero-order chi connectivity index (χ0) is 13.0. The number of carbonyl (C=O) groups is 1. The Kier molecular flexibility index (Phi) is 3.62. The molecule has 18 heavy (non-hydrogen) atoms. The van der Waals surface area contributed by atoms with Gasteiger partial charge in [0.05, 0.1) is 0 Å². The fraction of sp³-hybridized carbons (Fsp3) is 0.231. The van der Waals surface area contributed by atoms with Gasteiger partial charge in [-0.3, -0.25) is 9.36 Å². The van der Waals surface area contributed by atoms with Gasteiger partial charge in [-0.25, -0.2) is 4.98 Å². The molecule has 0 amide bonds. The maximum Gasteiger partial charge on any atom is 0.269 e. The average Bonchev–Trinajstić information content (AvgIpc) is 2.90. The van der Waals surface area contributed by atoms with Crippen molar-refractivity contribution >= 4 is 11.6 Å². The first kappa shape index (κ1) is 12.2. The van der Waals surface area contributed by atoms with Crippen molar-refractivity contribution in [3.8, 4) is 5.75 Å². The fourth-order valence-corrected chi connectivity index (χ4v) is 1.48. The van der Waals surface area contributed by atoms with Crippen LogP contribution in [0.2, 0.25) is 0 Å². The zero-order valence-corrected chi connectivity index (χ0v) is 10.4. The lowest BCUT2D eigenvalue weighted by Crippen LogP contribution is -2.18. The average molecular weight is 245 g/mol. The summed E-state index contributed by atoms with van der Waals surface area (Å²) in [6, 6.07) is 7.59. The second kappa shape index (κ2) is 5.35. The molecule has 5 nitrogen and oxygen atoms in total. The van der Waals surface area contributed by atoms with Gasteiger partial charge in [0, 0.05) is 38.2 Å². The summed E-state index contributed by atoms with van der Waals surface area (Å²) in [6.45, 7) is -0.00670. The number of anilines is 1. The number of imidazole rings is 1. The number of hydrogen-bond donors (Lipinski definition) is 0. The first-order chi connectivity index (χ1) is 8.66. The van der Waals surface area contributed by atoms with Gasteiger partial charge in [-0.05, 0) is 12.1 Å². The largest absolute Gasteiger partial charge is 0.484 e. The Hall–Kier alpha value is -2.30. The van der Waals surface area contributed by atoms with Gasteiger partial charge in [-0.15, -0.1) is 0 Å². The van der Waals surface area contributed by atoms with Gasteiger partial charge in [0.15, 0.2) is 6.61 Å². The number of ether oxygens (including phenoxy) is 1. The number of carbonyl (C=O) groups excluding carboxylic acids is 1. The third-order valence-electron chi connectivity index (χ3n) is 2.49. The van der Waals surface area contributed by atoms with E-state index in [2.05, 4.69) is 4.98 Å². The van der Waals surface area contributed by atoms with E-state index in [1.165, 1.54) is 10.9 Å². The van der Waals surface area contributed by atoms with Crippen LogP contribution in [0.4, 0.5) is 5.69 Å². The van der Waals surface area contributed by atoms with Crippen molar-refractivity contribution in [3.05, 3.63) is 43.0 Å². The van der Waals surface area contributed by atoms with Crippen molar-refractivity contribution in [2.75, 3.05) is 25.6 Å². The summed E-state index contributed by atoms with van der Waals surface area (Å²) < 4.78 is 6.86. The Morgan fingerprint density at radius 1 is 1.44 bits per heavy atom. The third-order valence-corrected chi connectivity index (χ3v) is 2.49. The number of rotatable bonds is 4. The molecule has 0 bridgehead atoms. The van der Waals surface area contributed by atoms with Crippen LogP contribution in [-0.4, -0.2) is 36.2 Å². The van der Waals surface area contributed by atoms with Crippen LogP contribution in [-0.2, 0) is 0 Å². The maximum atomic E-state index is 11.7. The van der Waals surface area contributed by atoms with Gasteiger partial charge < -0.3 is 9.64 Å². The SMILES string of the molecule is CN(C)c1cccc(OCC(=O)n2ccnc2)c1. The molecule has 0 aliphatic carbocycles. The summed E-state index contributed by atoms with van der Waals surface area (Å²) in [4.78, 5) is 17.5. The van der Waals surface area contributed by atoms with Crippen LogP contribution in [0.3, 0.4) is 0 Å². The molecule has 2 aromatic rings. The Labute approximate surface area is 106 Å². The lowest BCUT2D eigenvalue weighted by molar-refractivity contribution is 0.0837. The Morgan fingerprint density at radius 3 is 2.94 bits per heavy atom. The number of hydrogen-bond acceptors (Lipinski definition) is 4. The Balaban J connectivity index is 1.98. The highest BCUT2D eigenvalue weighted by atomic mass is 16.5. The van der Waals surface area contributed by atoms with Crippen LogP contribution in [0.1, 0.15) is 4.79 Å². The molecule has 2 rings (SSSR count). The standard InChI is InChI=1S/C13H15N3O2/c1-15(2)11-4-3-5-12(8-11)18-9-13(17)16-7-6-14-10-16/h3-8,10H,9H2,1-2H3. The third kappa shape index (κ3) is 2.88. The van der Waals surface area contributed by atoms with E-state index >= 15 is 0 Å². The molecule has 0 saturated heterocycles. The smallest absolute Gasteiger partial charge is 0.269 e. The first-order valence-corrected chi connectivity index (χ1v) is 5.58. The van der Waals surface area contributed by atoms with Gasteiger partial charge >= 0.3 is 0 Å². The molecule has 0 fully saturated rings. The molecule has 0 spiro atoms. The zero-order valence-electron chi connectivity index (χ0n) is 10.4. The minimum Gasteiger partial charge on any atom is -0.484 e. The predicted molar refractivity (Wildman–Crippen MR) is 69.1 cm³/mol. The van der Waals surface area contributed by atoms with Crippen LogP contribution in [0.15, 0.2) is 43.0 Å². The van der Waals surface area contributed by atoms with Gasteiger partial charge in [0.2, 0.25) is 0 Å². The molecule has 0 aliphatic heterocycles. The van der Waals surface area contributed by atoms with Gasteiger partial charge in [0.25, 0.3) is 5.91 Å². The van der Waals surface area contributed by atoms with E-state index in [-0.39, 0.29) is 12.5 Å². The molecule has 0 saturated carbocycles. The topological polar surface area (TPSA) is 47.4 Å². The molecular formula is C13H15N3O2. The van der Waals surface area contributed by atoms with Crippen LogP contribution < -0.4 is 9.64 Å². The molecule has 0 unspecified atom stereocenters. The molecule has 5 heteroatoms. The summed E-state index contributed by atoms with van der Waals surface area (Å²) >= 11 is 0. The van der Waals surface area contributed by atoms with Crippen molar-refractivity contribution in [2.24, 2.45) is 0 Å². The maximum absolute atomic E-state index is 11.7. The van der Waals surface area contributed by atoms with E-state index in [9.17, 15) is 4.79 Å². The van der Waals surface area contributed by atoms with E-state index in [0.29, 0.717) is 5.75 Å². The number of aromatic nitrogens is 2. The highest BCUT2D eigenvalue weighted by molar-refractivity contribution is 5.80. The van der Waals surface area contributed by atoms with Gasteiger partial charge in [0.1, 0.15) is 12.1 Å². The Bertz CT molecular complexity index is 521. The summed E-state index contributed by atoms with van der Waals surface area (Å²) in [5.41, 5.74) is 1.03. The lowest BCUT2D eigenvalue weighted by atomic mass is 10.3. The number of benzene rings is 1. The van der Waals surface area contributed by atoms with Gasteiger partial charge in [-0.1, -0.05) is 6.07 Å². The van der Waals surface area contributed by atoms with Crippen LogP contribution in [0.5, 0.6) is 5.75 Å². The molecule has 94 valence electrons. The van der Waals surface area contributed by atoms with Crippen molar-refractivity contribution in [2.45, 2.75) is 0 Å². The Morgan fingerprint density at radius 2 is 2.28 bits per heavy atom. The van der Waals surface area contributed by atoms with E-state index in [0.717, 1.165) is 5.69 Å². The molecule has 0 aliphatic rings. The first-order valence-electron chi connectivity index (χ1n) is 5.58. The minimum absolute atomic E-state index is 0.00670. The molecule has 1 aromatic carbocycles. The minimum atomic E-state index is -0.150. The summed E-state index contributed by atoms with van der Waals surface area (Å²) in [5, 5.41) is 0. The van der Waals surface area contributed by atoms with Crippen LogP contribution in [0, 0.1) is 0 Å². The quantitative estimate of drug-likeness (QED) is 0.822. The molecule has 1 aromatic heterocycles. The second-order valence-corrected chi connectivity index (χ2v) is 4.04. The van der Waals surface area contributed by atoms with E-state index in [1.807, 2.05) is 43.3 Å². The second-order valence-electron chi connectivity index (χ2n) is 4.04. The summed E-state index contributed by atoms with van der Waals surface area (Å²) in [6.07, 6.45) is 4.62. The summed E-state index contributed by atoms with van der Waals surface area (Å²) in [7, 11) is 3.91. The monoisotopic (exact) mass is 245 g/mol. The molecule has 0 radical (unpaired) electrons. The fourth-order valence-electron chi connectivity index (χ4n) is 1.48. The lowest BCUT2D eigenvalue weighted by Gasteiger charge is -2.13. The molecule has 1 heterocycles. The molecule has 0 atom stereocenters. The summed E-state index contributed by atoms with van der Waals surface area (Å²) in [5.74, 6) is 0.525. The normalized spacial score (nSPS) is 10.1. The highest BCUT2D eigenvalue weighted by Gasteiger charge is 2.05. The van der Waals surface area contributed by atoms with Crippen molar-refractivity contribution in [1.29, 1.82) is 0 Å².